The highest BCUT2D eigenvalue weighted by atomic mass is 15.2. The van der Waals surface area contributed by atoms with Gasteiger partial charge in [-0.1, -0.05) is 30.3 Å². The molecule has 1 aromatic carbocycles. The summed E-state index contributed by atoms with van der Waals surface area (Å²) in [6.07, 6.45) is 0. The van der Waals surface area contributed by atoms with Crippen LogP contribution in [-0.2, 0) is 6.54 Å². The minimum Gasteiger partial charge on any atom is -0.382 e. The number of rotatable bonds is 4. The monoisotopic (exact) mass is 255 g/mol. The SMILES string of the molecule is Cc1cc(C(=N)N)nc(N(C)Cc2ccccc2)n1. The van der Waals surface area contributed by atoms with Gasteiger partial charge in [-0.05, 0) is 18.6 Å². The smallest absolute Gasteiger partial charge is 0.226 e. The van der Waals surface area contributed by atoms with E-state index in [1.54, 1.807) is 6.07 Å². The first kappa shape index (κ1) is 13.0. The van der Waals surface area contributed by atoms with Crippen molar-refractivity contribution in [3.63, 3.8) is 0 Å². The summed E-state index contributed by atoms with van der Waals surface area (Å²) >= 11 is 0. The van der Waals surface area contributed by atoms with Crippen LogP contribution in [0.4, 0.5) is 5.95 Å². The number of aryl methyl sites for hydroxylation is 1. The molecule has 1 heterocycles. The molecule has 0 aliphatic rings. The zero-order chi connectivity index (χ0) is 13.8. The molecule has 5 nitrogen and oxygen atoms in total. The van der Waals surface area contributed by atoms with E-state index in [1.165, 1.54) is 5.56 Å². The zero-order valence-electron chi connectivity index (χ0n) is 11.1. The van der Waals surface area contributed by atoms with Crippen molar-refractivity contribution in [1.29, 1.82) is 5.41 Å². The number of anilines is 1. The van der Waals surface area contributed by atoms with Crippen LogP contribution < -0.4 is 10.6 Å². The van der Waals surface area contributed by atoms with Crippen molar-refractivity contribution in [2.45, 2.75) is 13.5 Å². The summed E-state index contributed by atoms with van der Waals surface area (Å²) in [5.41, 5.74) is 7.92. The summed E-state index contributed by atoms with van der Waals surface area (Å²) in [5, 5.41) is 7.46. The molecule has 0 saturated heterocycles. The van der Waals surface area contributed by atoms with Gasteiger partial charge in [-0.3, -0.25) is 5.41 Å². The molecule has 0 spiro atoms. The predicted molar refractivity (Wildman–Crippen MR) is 76.3 cm³/mol. The van der Waals surface area contributed by atoms with Crippen LogP contribution in [0.25, 0.3) is 0 Å². The second-order valence-electron chi connectivity index (χ2n) is 4.45. The maximum Gasteiger partial charge on any atom is 0.226 e. The van der Waals surface area contributed by atoms with E-state index in [2.05, 4.69) is 22.1 Å². The van der Waals surface area contributed by atoms with Gasteiger partial charge in [-0.25, -0.2) is 9.97 Å². The number of nitrogens with zero attached hydrogens (tertiary/aromatic N) is 3. The molecule has 0 amide bonds. The molecule has 0 saturated carbocycles. The Labute approximate surface area is 112 Å². The van der Waals surface area contributed by atoms with Crippen LogP contribution in [0.1, 0.15) is 17.0 Å². The summed E-state index contributed by atoms with van der Waals surface area (Å²) in [5.74, 6) is 0.536. The number of amidine groups is 1. The molecular formula is C14H17N5. The Morgan fingerprint density at radius 2 is 1.95 bits per heavy atom. The van der Waals surface area contributed by atoms with Gasteiger partial charge in [0.1, 0.15) is 11.5 Å². The Kier molecular flexibility index (Phi) is 3.75. The largest absolute Gasteiger partial charge is 0.382 e. The van der Waals surface area contributed by atoms with E-state index in [-0.39, 0.29) is 5.84 Å². The van der Waals surface area contributed by atoms with Crippen molar-refractivity contribution in [2.24, 2.45) is 5.73 Å². The van der Waals surface area contributed by atoms with Crippen LogP contribution in [0.3, 0.4) is 0 Å². The lowest BCUT2D eigenvalue weighted by Gasteiger charge is -2.18. The van der Waals surface area contributed by atoms with Crippen molar-refractivity contribution in [1.82, 2.24) is 9.97 Å². The number of aromatic nitrogens is 2. The average molecular weight is 255 g/mol. The Balaban J connectivity index is 2.24. The number of hydrogen-bond acceptors (Lipinski definition) is 4. The van der Waals surface area contributed by atoms with Gasteiger partial charge in [0.2, 0.25) is 5.95 Å². The standard InChI is InChI=1S/C14H17N5/c1-10-8-12(13(15)16)18-14(17-10)19(2)9-11-6-4-3-5-7-11/h3-8H,9H2,1-2H3,(H3,15,16). The van der Waals surface area contributed by atoms with E-state index >= 15 is 0 Å². The molecule has 0 atom stereocenters. The molecule has 0 radical (unpaired) electrons. The minimum atomic E-state index is -0.0418. The lowest BCUT2D eigenvalue weighted by Crippen LogP contribution is -2.22. The van der Waals surface area contributed by atoms with Crippen molar-refractivity contribution in [3.05, 3.63) is 53.3 Å². The fourth-order valence-corrected chi connectivity index (χ4v) is 1.79. The Morgan fingerprint density at radius 1 is 1.26 bits per heavy atom. The fourth-order valence-electron chi connectivity index (χ4n) is 1.79. The first-order chi connectivity index (χ1) is 9.06. The Morgan fingerprint density at radius 3 is 2.58 bits per heavy atom. The van der Waals surface area contributed by atoms with Crippen LogP contribution in [0.2, 0.25) is 0 Å². The molecule has 3 N–H and O–H groups in total. The van der Waals surface area contributed by atoms with Gasteiger partial charge >= 0.3 is 0 Å². The summed E-state index contributed by atoms with van der Waals surface area (Å²) in [6, 6.07) is 11.8. The number of nitrogens with two attached hydrogens (primary N) is 1. The highest BCUT2D eigenvalue weighted by molar-refractivity contribution is 5.93. The molecule has 0 fully saturated rings. The van der Waals surface area contributed by atoms with E-state index in [0.717, 1.165) is 5.69 Å². The van der Waals surface area contributed by atoms with Crippen LogP contribution in [0.15, 0.2) is 36.4 Å². The van der Waals surface area contributed by atoms with Crippen molar-refractivity contribution < 1.29 is 0 Å². The maximum atomic E-state index is 7.46. The second kappa shape index (κ2) is 5.48. The Bertz CT molecular complexity index is 580. The quantitative estimate of drug-likeness (QED) is 0.644. The third-order valence-corrected chi connectivity index (χ3v) is 2.72. The van der Waals surface area contributed by atoms with E-state index < -0.39 is 0 Å². The minimum absolute atomic E-state index is 0.0418. The molecule has 98 valence electrons. The van der Waals surface area contributed by atoms with Crippen molar-refractivity contribution in [2.75, 3.05) is 11.9 Å². The van der Waals surface area contributed by atoms with Gasteiger partial charge in [0.05, 0.1) is 0 Å². The van der Waals surface area contributed by atoms with Crippen LogP contribution in [0, 0.1) is 12.3 Å². The van der Waals surface area contributed by atoms with Gasteiger partial charge in [0, 0.05) is 19.3 Å². The molecule has 0 unspecified atom stereocenters. The molecular weight excluding hydrogens is 238 g/mol. The van der Waals surface area contributed by atoms with Gasteiger partial charge in [0.15, 0.2) is 0 Å². The maximum absolute atomic E-state index is 7.46. The Hall–Kier alpha value is -2.43. The van der Waals surface area contributed by atoms with Gasteiger partial charge in [-0.2, -0.15) is 0 Å². The summed E-state index contributed by atoms with van der Waals surface area (Å²) in [7, 11) is 1.92. The van der Waals surface area contributed by atoms with Crippen LogP contribution >= 0.6 is 0 Å². The number of hydrogen-bond donors (Lipinski definition) is 2. The van der Waals surface area contributed by atoms with E-state index in [0.29, 0.717) is 18.2 Å². The van der Waals surface area contributed by atoms with Crippen molar-refractivity contribution in [3.8, 4) is 0 Å². The summed E-state index contributed by atoms with van der Waals surface area (Å²) in [6.45, 7) is 2.58. The van der Waals surface area contributed by atoms with E-state index in [4.69, 9.17) is 11.1 Å². The van der Waals surface area contributed by atoms with E-state index in [1.807, 2.05) is 37.1 Å². The summed E-state index contributed by atoms with van der Waals surface area (Å²) in [4.78, 5) is 10.6. The third-order valence-electron chi connectivity index (χ3n) is 2.72. The molecule has 0 bridgehead atoms. The third kappa shape index (κ3) is 3.28. The second-order valence-corrected chi connectivity index (χ2v) is 4.45. The lowest BCUT2D eigenvalue weighted by atomic mass is 10.2. The fraction of sp³-hybridized carbons (Fsp3) is 0.214. The number of nitrogens with one attached hydrogen (secondary N) is 1. The summed E-state index contributed by atoms with van der Waals surface area (Å²) < 4.78 is 0. The first-order valence-corrected chi connectivity index (χ1v) is 6.01. The average Bonchev–Trinajstić information content (AvgIpc) is 2.39. The van der Waals surface area contributed by atoms with Crippen molar-refractivity contribution >= 4 is 11.8 Å². The van der Waals surface area contributed by atoms with Gasteiger partial charge in [-0.15, -0.1) is 0 Å². The molecule has 0 aliphatic heterocycles. The highest BCUT2D eigenvalue weighted by Gasteiger charge is 2.09. The molecule has 5 heteroatoms. The zero-order valence-corrected chi connectivity index (χ0v) is 11.1. The molecule has 0 aliphatic carbocycles. The van der Waals surface area contributed by atoms with Crippen LogP contribution in [0.5, 0.6) is 0 Å². The highest BCUT2D eigenvalue weighted by Crippen LogP contribution is 2.12. The lowest BCUT2D eigenvalue weighted by molar-refractivity contribution is 0.857. The number of benzene rings is 1. The molecule has 19 heavy (non-hydrogen) atoms. The predicted octanol–water partition coefficient (Wildman–Crippen LogP) is 1.71. The molecule has 1 aromatic heterocycles. The topological polar surface area (TPSA) is 78.9 Å². The molecule has 2 aromatic rings. The first-order valence-electron chi connectivity index (χ1n) is 6.01. The normalized spacial score (nSPS) is 10.2. The van der Waals surface area contributed by atoms with Gasteiger partial charge in [0.25, 0.3) is 0 Å². The van der Waals surface area contributed by atoms with Crippen LogP contribution in [-0.4, -0.2) is 22.9 Å². The number of nitrogen functional groups attached to an aromatic ring is 1. The molecule has 2 rings (SSSR count). The van der Waals surface area contributed by atoms with E-state index in [9.17, 15) is 0 Å². The van der Waals surface area contributed by atoms with Gasteiger partial charge < -0.3 is 10.6 Å².